The van der Waals surface area contributed by atoms with Crippen LogP contribution in [-0.2, 0) is 0 Å². The smallest absolute Gasteiger partial charge is 0.257 e. The molecule has 152 valence electrons. The number of nitrogens with two attached hydrogens (primary N) is 1. The second kappa shape index (κ2) is 7.90. The summed E-state index contributed by atoms with van der Waals surface area (Å²) in [6.45, 7) is 4.52. The number of rotatable bonds is 5. The molecule has 0 atom stereocenters. The van der Waals surface area contributed by atoms with Gasteiger partial charge in [-0.15, -0.1) is 0 Å². The highest BCUT2D eigenvalue weighted by Gasteiger charge is 2.24. The maximum Gasteiger partial charge on any atom is 0.257 e. The molecule has 30 heavy (non-hydrogen) atoms. The first-order chi connectivity index (χ1) is 14.4. The molecule has 7 nitrogen and oxygen atoms in total. The van der Waals surface area contributed by atoms with Crippen molar-refractivity contribution in [2.45, 2.75) is 13.8 Å². The summed E-state index contributed by atoms with van der Waals surface area (Å²) in [6, 6.07) is 13.2. The summed E-state index contributed by atoms with van der Waals surface area (Å²) < 4.78 is 14.6. The molecule has 8 heteroatoms. The molecule has 0 aliphatic carbocycles. The van der Waals surface area contributed by atoms with Gasteiger partial charge in [0.15, 0.2) is 5.65 Å². The summed E-state index contributed by atoms with van der Waals surface area (Å²) in [5.74, 6) is -0.238. The minimum atomic E-state index is -0.334. The lowest BCUT2D eigenvalue weighted by Crippen LogP contribution is -2.28. The summed E-state index contributed by atoms with van der Waals surface area (Å²) in [5, 5.41) is 7.28. The summed E-state index contributed by atoms with van der Waals surface area (Å²) in [4.78, 5) is 22.1. The van der Waals surface area contributed by atoms with Crippen molar-refractivity contribution in [3.05, 3.63) is 65.5 Å². The molecule has 0 aliphatic heterocycles. The molecule has 0 unspecified atom stereocenters. The van der Waals surface area contributed by atoms with Gasteiger partial charge in [-0.1, -0.05) is 38.1 Å². The van der Waals surface area contributed by atoms with Crippen LogP contribution in [0.5, 0.6) is 0 Å². The number of para-hydroxylation sites is 2. The van der Waals surface area contributed by atoms with E-state index in [1.165, 1.54) is 23.0 Å². The van der Waals surface area contributed by atoms with Gasteiger partial charge in [0, 0.05) is 6.54 Å². The highest BCUT2D eigenvalue weighted by Crippen LogP contribution is 2.27. The molecular formula is C22H21FN6O. The Labute approximate surface area is 172 Å². The Morgan fingerprint density at radius 2 is 1.83 bits per heavy atom. The average molecular weight is 404 g/mol. The van der Waals surface area contributed by atoms with Crippen LogP contribution < -0.4 is 11.1 Å². The van der Waals surface area contributed by atoms with E-state index in [1.54, 1.807) is 12.1 Å². The first-order valence-electron chi connectivity index (χ1n) is 9.59. The van der Waals surface area contributed by atoms with Gasteiger partial charge >= 0.3 is 0 Å². The maximum absolute atomic E-state index is 13.2. The molecular weight excluding hydrogens is 383 g/mol. The highest BCUT2D eigenvalue weighted by atomic mass is 19.1. The minimum absolute atomic E-state index is 0.139. The van der Waals surface area contributed by atoms with Crippen molar-refractivity contribution < 1.29 is 9.18 Å². The number of carbonyl (C=O) groups is 1. The summed E-state index contributed by atoms with van der Waals surface area (Å²) >= 11 is 0. The lowest BCUT2D eigenvalue weighted by Gasteiger charge is -2.07. The molecule has 0 saturated heterocycles. The van der Waals surface area contributed by atoms with Crippen molar-refractivity contribution in [2.24, 2.45) is 11.0 Å². The minimum Gasteiger partial charge on any atom is -0.383 e. The number of hydrogen-bond acceptors (Lipinski definition) is 5. The van der Waals surface area contributed by atoms with Crippen LogP contribution in [0.25, 0.3) is 22.2 Å². The second-order valence-corrected chi connectivity index (χ2v) is 7.36. The zero-order valence-electron chi connectivity index (χ0n) is 16.6. The molecule has 2 aromatic carbocycles. The normalized spacial score (nSPS) is 11.7. The molecule has 3 N–H and O–H groups in total. The van der Waals surface area contributed by atoms with Crippen LogP contribution in [0.1, 0.15) is 29.8 Å². The first kappa shape index (κ1) is 19.5. The standard InChI is InChI=1S/C22H21FN6O/c1-13(2)11-25-22(30)18-19-21(28-17-6-4-3-5-16(17)27-19)29(20(18)24)26-12-14-7-9-15(23)10-8-14/h3-10,12-13H,11,24H2,1-2H3,(H,25,30). The van der Waals surface area contributed by atoms with Crippen molar-refractivity contribution in [3.8, 4) is 0 Å². The number of benzene rings is 2. The average Bonchev–Trinajstić information content (AvgIpc) is 3.00. The Hall–Kier alpha value is -3.81. The Morgan fingerprint density at radius 3 is 2.50 bits per heavy atom. The number of nitrogens with zero attached hydrogens (tertiary/aromatic N) is 4. The topological polar surface area (TPSA) is 98.2 Å². The largest absolute Gasteiger partial charge is 0.383 e. The number of aromatic nitrogens is 3. The number of amides is 1. The van der Waals surface area contributed by atoms with Gasteiger partial charge in [-0.05, 0) is 35.7 Å². The molecule has 4 rings (SSSR count). The summed E-state index contributed by atoms with van der Waals surface area (Å²) in [7, 11) is 0. The maximum atomic E-state index is 13.2. The fourth-order valence-electron chi connectivity index (χ4n) is 3.05. The Bertz CT molecular complexity index is 1260. The number of fused-ring (bicyclic) bond motifs is 2. The lowest BCUT2D eigenvalue weighted by atomic mass is 10.2. The number of hydrogen-bond donors (Lipinski definition) is 2. The van der Waals surface area contributed by atoms with Gasteiger partial charge in [0.2, 0.25) is 0 Å². The number of nitrogen functional groups attached to an aromatic ring is 1. The van der Waals surface area contributed by atoms with E-state index in [0.29, 0.717) is 34.3 Å². The Balaban J connectivity index is 1.87. The highest BCUT2D eigenvalue weighted by molar-refractivity contribution is 6.10. The number of anilines is 1. The third-order valence-corrected chi connectivity index (χ3v) is 4.56. The van der Waals surface area contributed by atoms with E-state index in [1.807, 2.05) is 38.1 Å². The third-order valence-electron chi connectivity index (χ3n) is 4.56. The van der Waals surface area contributed by atoms with Gasteiger partial charge in [0.1, 0.15) is 22.7 Å². The fourth-order valence-corrected chi connectivity index (χ4v) is 3.05. The number of carbonyl (C=O) groups excluding carboxylic acids is 1. The van der Waals surface area contributed by atoms with Crippen LogP contribution in [0.3, 0.4) is 0 Å². The molecule has 1 amide bonds. The molecule has 2 heterocycles. The zero-order valence-corrected chi connectivity index (χ0v) is 16.6. The molecule has 0 bridgehead atoms. The Kier molecular flexibility index (Phi) is 5.14. The van der Waals surface area contributed by atoms with Crippen LogP contribution in [0.4, 0.5) is 10.2 Å². The predicted molar refractivity (Wildman–Crippen MR) is 116 cm³/mol. The second-order valence-electron chi connectivity index (χ2n) is 7.36. The van der Waals surface area contributed by atoms with E-state index in [-0.39, 0.29) is 29.0 Å². The fraction of sp³-hybridized carbons (Fsp3) is 0.182. The van der Waals surface area contributed by atoms with Crippen LogP contribution in [-0.4, -0.2) is 33.3 Å². The molecule has 0 fully saturated rings. The molecule has 0 aliphatic rings. The van der Waals surface area contributed by atoms with E-state index >= 15 is 0 Å². The molecule has 2 aromatic heterocycles. The van der Waals surface area contributed by atoms with Crippen LogP contribution >= 0.6 is 0 Å². The van der Waals surface area contributed by atoms with Gasteiger partial charge in [-0.3, -0.25) is 4.79 Å². The van der Waals surface area contributed by atoms with Crippen molar-refractivity contribution in [2.75, 3.05) is 12.3 Å². The first-order valence-corrected chi connectivity index (χ1v) is 9.59. The molecule has 0 radical (unpaired) electrons. The van der Waals surface area contributed by atoms with E-state index in [9.17, 15) is 9.18 Å². The van der Waals surface area contributed by atoms with Crippen molar-refractivity contribution in [1.82, 2.24) is 20.0 Å². The summed E-state index contributed by atoms with van der Waals surface area (Å²) in [5.41, 5.74) is 9.31. The molecule has 0 saturated carbocycles. The van der Waals surface area contributed by atoms with Crippen molar-refractivity contribution in [1.29, 1.82) is 0 Å². The Morgan fingerprint density at radius 1 is 1.17 bits per heavy atom. The van der Waals surface area contributed by atoms with Crippen LogP contribution in [0.15, 0.2) is 53.6 Å². The summed E-state index contributed by atoms with van der Waals surface area (Å²) in [6.07, 6.45) is 1.53. The molecule has 0 spiro atoms. The predicted octanol–water partition coefficient (Wildman–Crippen LogP) is 3.57. The number of nitrogens with one attached hydrogen (secondary N) is 1. The van der Waals surface area contributed by atoms with Gasteiger partial charge < -0.3 is 11.1 Å². The van der Waals surface area contributed by atoms with E-state index in [0.717, 1.165) is 0 Å². The lowest BCUT2D eigenvalue weighted by molar-refractivity contribution is 0.0951. The van der Waals surface area contributed by atoms with E-state index in [4.69, 9.17) is 5.73 Å². The number of halogens is 1. The van der Waals surface area contributed by atoms with Gasteiger partial charge in [0.05, 0.1) is 17.2 Å². The van der Waals surface area contributed by atoms with Crippen molar-refractivity contribution in [3.63, 3.8) is 0 Å². The third kappa shape index (κ3) is 3.71. The van der Waals surface area contributed by atoms with E-state index in [2.05, 4.69) is 20.4 Å². The zero-order chi connectivity index (χ0) is 21.3. The van der Waals surface area contributed by atoms with Crippen LogP contribution in [0, 0.1) is 11.7 Å². The van der Waals surface area contributed by atoms with Gasteiger partial charge in [-0.2, -0.15) is 9.78 Å². The van der Waals surface area contributed by atoms with E-state index < -0.39 is 0 Å². The SMILES string of the molecule is CC(C)CNC(=O)c1c(N)n(N=Cc2ccc(F)cc2)c2nc3ccccc3nc12. The van der Waals surface area contributed by atoms with Crippen molar-refractivity contribution >= 4 is 40.1 Å². The monoisotopic (exact) mass is 404 g/mol. The quantitative estimate of drug-likeness (QED) is 0.497. The molecule has 4 aromatic rings. The van der Waals surface area contributed by atoms with Gasteiger partial charge in [0.25, 0.3) is 5.91 Å². The van der Waals surface area contributed by atoms with Gasteiger partial charge in [-0.25, -0.2) is 14.4 Å². The van der Waals surface area contributed by atoms with Crippen LogP contribution in [0.2, 0.25) is 0 Å².